The van der Waals surface area contributed by atoms with Crippen LogP contribution in [-0.4, -0.2) is 50.5 Å². The number of sulfonamides is 1. The summed E-state index contributed by atoms with van der Waals surface area (Å²) in [6, 6.07) is 11.9. The van der Waals surface area contributed by atoms with Crippen LogP contribution in [0.5, 0.6) is 0 Å². The van der Waals surface area contributed by atoms with Crippen molar-refractivity contribution < 1.29 is 22.4 Å². The van der Waals surface area contributed by atoms with Crippen LogP contribution in [-0.2, 0) is 26.2 Å². The summed E-state index contributed by atoms with van der Waals surface area (Å²) in [4.78, 5) is 27.6. The van der Waals surface area contributed by atoms with Gasteiger partial charge in [0.1, 0.15) is 18.4 Å². The van der Waals surface area contributed by atoms with Gasteiger partial charge in [0.15, 0.2) is 0 Å². The molecule has 9 heteroatoms. The van der Waals surface area contributed by atoms with Crippen molar-refractivity contribution in [3.63, 3.8) is 0 Å². The Morgan fingerprint density at radius 1 is 1.00 bits per heavy atom. The molecular weight excluding hydrogens is 457 g/mol. The fraction of sp³-hybridized carbons (Fsp3) is 0.440. The van der Waals surface area contributed by atoms with Gasteiger partial charge in [-0.25, -0.2) is 12.8 Å². The zero-order chi connectivity index (χ0) is 25.5. The monoisotopic (exact) mass is 491 g/mol. The molecule has 1 N–H and O–H groups in total. The summed E-state index contributed by atoms with van der Waals surface area (Å²) < 4.78 is 39.7. The van der Waals surface area contributed by atoms with E-state index >= 15 is 0 Å². The SMILES string of the molecule is CCNC(=O)[C@H](CC)N(Cc1ccc(F)cc1)C(=O)CN(c1ccc(C(C)C)cc1)S(C)(=O)=O. The highest BCUT2D eigenvalue weighted by atomic mass is 32.2. The molecule has 0 fully saturated rings. The summed E-state index contributed by atoms with van der Waals surface area (Å²) in [7, 11) is -3.79. The van der Waals surface area contributed by atoms with Crippen molar-refractivity contribution in [3.8, 4) is 0 Å². The number of hydrogen-bond donors (Lipinski definition) is 1. The largest absolute Gasteiger partial charge is 0.355 e. The number of carbonyl (C=O) groups is 2. The van der Waals surface area contributed by atoms with Gasteiger partial charge in [0, 0.05) is 13.1 Å². The molecule has 0 unspecified atom stereocenters. The first-order valence-electron chi connectivity index (χ1n) is 11.4. The highest BCUT2D eigenvalue weighted by Crippen LogP contribution is 2.23. The lowest BCUT2D eigenvalue weighted by molar-refractivity contribution is -0.140. The van der Waals surface area contributed by atoms with Crippen molar-refractivity contribution in [1.82, 2.24) is 10.2 Å². The molecule has 2 rings (SSSR count). The van der Waals surface area contributed by atoms with Crippen LogP contribution < -0.4 is 9.62 Å². The summed E-state index contributed by atoms with van der Waals surface area (Å²) >= 11 is 0. The van der Waals surface area contributed by atoms with E-state index in [2.05, 4.69) is 5.32 Å². The van der Waals surface area contributed by atoms with E-state index in [1.54, 1.807) is 38.1 Å². The highest BCUT2D eigenvalue weighted by Gasteiger charge is 2.31. The third-order valence-electron chi connectivity index (χ3n) is 5.53. The first-order valence-corrected chi connectivity index (χ1v) is 13.2. The second-order valence-electron chi connectivity index (χ2n) is 8.48. The number of rotatable bonds is 11. The van der Waals surface area contributed by atoms with E-state index in [1.165, 1.54) is 17.0 Å². The smallest absolute Gasteiger partial charge is 0.244 e. The summed E-state index contributed by atoms with van der Waals surface area (Å²) in [6.45, 7) is 7.60. The van der Waals surface area contributed by atoms with E-state index in [9.17, 15) is 22.4 Å². The van der Waals surface area contributed by atoms with Gasteiger partial charge in [-0.3, -0.25) is 13.9 Å². The van der Waals surface area contributed by atoms with Crippen molar-refractivity contribution in [2.75, 3.05) is 23.7 Å². The number of benzene rings is 2. The van der Waals surface area contributed by atoms with Gasteiger partial charge in [0.05, 0.1) is 11.9 Å². The fourth-order valence-corrected chi connectivity index (χ4v) is 4.49. The van der Waals surface area contributed by atoms with Crippen molar-refractivity contribution >= 4 is 27.5 Å². The lowest BCUT2D eigenvalue weighted by atomic mass is 10.0. The van der Waals surface area contributed by atoms with Gasteiger partial charge < -0.3 is 10.2 Å². The lowest BCUT2D eigenvalue weighted by Crippen LogP contribution is -2.52. The van der Waals surface area contributed by atoms with E-state index < -0.39 is 34.3 Å². The van der Waals surface area contributed by atoms with Crippen LogP contribution in [0.3, 0.4) is 0 Å². The predicted octanol–water partition coefficient (Wildman–Crippen LogP) is 3.66. The molecule has 7 nitrogen and oxygen atoms in total. The van der Waals surface area contributed by atoms with Crippen molar-refractivity contribution in [3.05, 3.63) is 65.5 Å². The molecule has 2 aromatic carbocycles. The Morgan fingerprint density at radius 2 is 1.59 bits per heavy atom. The number of halogens is 1. The van der Waals surface area contributed by atoms with Crippen LogP contribution in [0, 0.1) is 5.82 Å². The zero-order valence-corrected chi connectivity index (χ0v) is 21.2. The molecule has 0 aliphatic carbocycles. The number of anilines is 1. The Labute approximate surface area is 202 Å². The molecular formula is C25H34FN3O4S. The molecule has 2 aromatic rings. The Hall–Kier alpha value is -2.94. The highest BCUT2D eigenvalue weighted by molar-refractivity contribution is 7.92. The average Bonchev–Trinajstić information content (AvgIpc) is 2.78. The van der Waals surface area contributed by atoms with E-state index in [1.807, 2.05) is 26.0 Å². The minimum Gasteiger partial charge on any atom is -0.355 e. The van der Waals surface area contributed by atoms with E-state index in [0.29, 0.717) is 24.2 Å². The van der Waals surface area contributed by atoms with Crippen LogP contribution in [0.2, 0.25) is 0 Å². The number of carbonyl (C=O) groups excluding carboxylic acids is 2. The molecule has 0 saturated heterocycles. The Bertz CT molecular complexity index is 1070. The van der Waals surface area contributed by atoms with Crippen LogP contribution >= 0.6 is 0 Å². The molecule has 0 bridgehead atoms. The third-order valence-corrected chi connectivity index (χ3v) is 6.67. The fourth-order valence-electron chi connectivity index (χ4n) is 3.64. The normalized spacial score (nSPS) is 12.3. The molecule has 1 atom stereocenters. The van der Waals surface area contributed by atoms with Gasteiger partial charge in [-0.15, -0.1) is 0 Å². The van der Waals surface area contributed by atoms with Gasteiger partial charge in [0.2, 0.25) is 21.8 Å². The van der Waals surface area contributed by atoms with Crippen LogP contribution in [0.25, 0.3) is 0 Å². The topological polar surface area (TPSA) is 86.8 Å². The summed E-state index contributed by atoms with van der Waals surface area (Å²) in [6.07, 6.45) is 1.38. The molecule has 0 spiro atoms. The molecule has 186 valence electrons. The number of likely N-dealkylation sites (N-methyl/N-ethyl adjacent to an activating group) is 1. The van der Waals surface area contributed by atoms with Crippen molar-refractivity contribution in [2.45, 2.75) is 52.6 Å². The van der Waals surface area contributed by atoms with Gasteiger partial charge in [-0.1, -0.05) is 45.0 Å². The molecule has 0 radical (unpaired) electrons. The summed E-state index contributed by atoms with van der Waals surface area (Å²) in [5, 5.41) is 2.73. The maximum absolute atomic E-state index is 13.5. The van der Waals surface area contributed by atoms with Crippen LogP contribution in [0.1, 0.15) is 51.2 Å². The number of nitrogens with zero attached hydrogens (tertiary/aromatic N) is 2. The van der Waals surface area contributed by atoms with E-state index in [0.717, 1.165) is 16.1 Å². The number of amides is 2. The standard InChI is InChI=1S/C25H34FN3O4S/c1-6-23(25(31)27-7-2)28(16-19-8-12-21(26)13-9-19)24(30)17-29(34(5,32)33)22-14-10-20(11-15-22)18(3)4/h8-15,18,23H,6-7,16-17H2,1-5H3,(H,27,31)/t23-/m0/s1. The second kappa shape index (κ2) is 12.0. The van der Waals surface area contributed by atoms with Gasteiger partial charge in [-0.05, 0) is 54.7 Å². The zero-order valence-electron chi connectivity index (χ0n) is 20.4. The summed E-state index contributed by atoms with van der Waals surface area (Å²) in [5.41, 5.74) is 2.04. The maximum Gasteiger partial charge on any atom is 0.244 e. The van der Waals surface area contributed by atoms with Crippen molar-refractivity contribution in [1.29, 1.82) is 0 Å². The van der Waals surface area contributed by atoms with Crippen LogP contribution in [0.15, 0.2) is 48.5 Å². The Balaban J connectivity index is 2.41. The Kier molecular flexibility index (Phi) is 9.61. The molecule has 34 heavy (non-hydrogen) atoms. The minimum absolute atomic E-state index is 0.0403. The number of nitrogens with one attached hydrogen (secondary N) is 1. The molecule has 0 aromatic heterocycles. The Morgan fingerprint density at radius 3 is 2.06 bits per heavy atom. The second-order valence-corrected chi connectivity index (χ2v) is 10.4. The average molecular weight is 492 g/mol. The molecule has 0 heterocycles. The quantitative estimate of drug-likeness (QED) is 0.520. The van der Waals surface area contributed by atoms with Crippen molar-refractivity contribution in [2.24, 2.45) is 0 Å². The van der Waals surface area contributed by atoms with Gasteiger partial charge >= 0.3 is 0 Å². The maximum atomic E-state index is 13.5. The minimum atomic E-state index is -3.79. The molecule has 0 aliphatic rings. The van der Waals surface area contributed by atoms with Gasteiger partial charge in [0.25, 0.3) is 0 Å². The molecule has 0 aliphatic heterocycles. The van der Waals surface area contributed by atoms with Crippen LogP contribution in [0.4, 0.5) is 10.1 Å². The molecule has 0 saturated carbocycles. The molecule has 2 amide bonds. The van der Waals surface area contributed by atoms with Gasteiger partial charge in [-0.2, -0.15) is 0 Å². The van der Waals surface area contributed by atoms with E-state index in [4.69, 9.17) is 0 Å². The first kappa shape index (κ1) is 27.3. The van der Waals surface area contributed by atoms with E-state index in [-0.39, 0.29) is 18.4 Å². The predicted molar refractivity (Wildman–Crippen MR) is 132 cm³/mol. The lowest BCUT2D eigenvalue weighted by Gasteiger charge is -2.32. The third kappa shape index (κ3) is 7.28. The number of hydrogen-bond acceptors (Lipinski definition) is 4. The summed E-state index contributed by atoms with van der Waals surface area (Å²) in [5.74, 6) is -0.991. The first-order chi connectivity index (χ1) is 16.0.